The number of anilines is 1. The molecule has 0 atom stereocenters. The van der Waals surface area contributed by atoms with Crippen LogP contribution in [0.4, 0.5) is 5.69 Å². The molecule has 1 fully saturated rings. The molecular formula is C24H30N4O. The van der Waals surface area contributed by atoms with E-state index in [9.17, 15) is 4.79 Å². The summed E-state index contributed by atoms with van der Waals surface area (Å²) in [5.74, 6) is 1.83. The topological polar surface area (TPSA) is 50.2 Å². The van der Waals surface area contributed by atoms with Gasteiger partial charge in [-0.2, -0.15) is 0 Å². The van der Waals surface area contributed by atoms with Crippen LogP contribution in [0.15, 0.2) is 48.5 Å². The summed E-state index contributed by atoms with van der Waals surface area (Å²) in [5.41, 5.74) is 3.49. The third-order valence-corrected chi connectivity index (χ3v) is 5.81. The third kappa shape index (κ3) is 4.35. The van der Waals surface area contributed by atoms with Crippen molar-refractivity contribution < 1.29 is 4.79 Å². The van der Waals surface area contributed by atoms with Gasteiger partial charge in [-0.05, 0) is 76.0 Å². The maximum atomic E-state index is 12.5. The molecule has 1 N–H and O–H groups in total. The Morgan fingerprint density at radius 1 is 1.14 bits per heavy atom. The van der Waals surface area contributed by atoms with E-state index in [1.165, 1.54) is 12.8 Å². The Morgan fingerprint density at radius 2 is 1.86 bits per heavy atom. The summed E-state index contributed by atoms with van der Waals surface area (Å²) >= 11 is 0. The number of nitrogens with one attached hydrogen (secondary N) is 1. The minimum atomic E-state index is -0.101. The molecule has 1 saturated heterocycles. The molecular weight excluding hydrogens is 360 g/mol. The number of imidazole rings is 1. The first-order valence-electron chi connectivity index (χ1n) is 10.6. The van der Waals surface area contributed by atoms with Crippen LogP contribution in [0.2, 0.25) is 0 Å². The monoisotopic (exact) mass is 390 g/mol. The molecule has 0 bridgehead atoms. The average Bonchev–Trinajstić information content (AvgIpc) is 3.07. The minimum absolute atomic E-state index is 0.101. The molecule has 1 aliphatic heterocycles. The molecule has 3 aromatic rings. The van der Waals surface area contributed by atoms with Gasteiger partial charge in [0.15, 0.2) is 0 Å². The highest BCUT2D eigenvalue weighted by molar-refractivity contribution is 6.04. The number of amides is 1. The van der Waals surface area contributed by atoms with Crippen molar-refractivity contribution >= 4 is 22.6 Å². The molecule has 4 rings (SSSR count). The van der Waals surface area contributed by atoms with E-state index in [0.717, 1.165) is 48.1 Å². The van der Waals surface area contributed by atoms with Gasteiger partial charge in [0.05, 0.1) is 17.6 Å². The summed E-state index contributed by atoms with van der Waals surface area (Å²) in [6.07, 6.45) is 2.52. The molecule has 2 aromatic carbocycles. The van der Waals surface area contributed by atoms with Gasteiger partial charge in [0.25, 0.3) is 5.91 Å². The number of likely N-dealkylation sites (tertiary alicyclic amines) is 1. The lowest BCUT2D eigenvalue weighted by Crippen LogP contribution is -2.33. The standard InChI is InChI=1S/C24H30N4O/c1-17(2)28-22-10-9-20(25-24(29)19-7-5-4-6-8-19)15-21(22)26-23(28)16-27-13-11-18(3)12-14-27/h4-10,15,17-18H,11-14,16H2,1-3H3,(H,25,29). The summed E-state index contributed by atoms with van der Waals surface area (Å²) in [6.45, 7) is 9.90. The Kier molecular flexibility index (Phi) is 5.67. The second kappa shape index (κ2) is 8.37. The van der Waals surface area contributed by atoms with E-state index < -0.39 is 0 Å². The molecule has 152 valence electrons. The minimum Gasteiger partial charge on any atom is -0.324 e. The van der Waals surface area contributed by atoms with Gasteiger partial charge in [0.2, 0.25) is 0 Å². The molecule has 5 nitrogen and oxygen atoms in total. The van der Waals surface area contributed by atoms with Gasteiger partial charge < -0.3 is 9.88 Å². The highest BCUT2D eigenvalue weighted by Gasteiger charge is 2.20. The SMILES string of the molecule is CC1CCN(Cc2nc3cc(NC(=O)c4ccccc4)ccc3n2C(C)C)CC1. The van der Waals surface area contributed by atoms with Crippen molar-refractivity contribution in [1.29, 1.82) is 0 Å². The molecule has 29 heavy (non-hydrogen) atoms. The number of benzene rings is 2. The number of carbonyl (C=O) groups excluding carboxylic acids is 1. The van der Waals surface area contributed by atoms with E-state index in [4.69, 9.17) is 4.98 Å². The van der Waals surface area contributed by atoms with Crippen LogP contribution in [0.3, 0.4) is 0 Å². The summed E-state index contributed by atoms with van der Waals surface area (Å²) in [4.78, 5) is 19.9. The van der Waals surface area contributed by atoms with Crippen molar-refractivity contribution in [2.24, 2.45) is 5.92 Å². The van der Waals surface area contributed by atoms with Gasteiger partial charge in [-0.25, -0.2) is 4.98 Å². The summed E-state index contributed by atoms with van der Waals surface area (Å²) in [6, 6.07) is 15.6. The molecule has 1 aromatic heterocycles. The van der Waals surface area contributed by atoms with Crippen molar-refractivity contribution in [2.45, 2.75) is 46.2 Å². The molecule has 0 spiro atoms. The average molecular weight is 391 g/mol. The zero-order valence-corrected chi connectivity index (χ0v) is 17.6. The molecule has 0 saturated carbocycles. The number of nitrogens with zero attached hydrogens (tertiary/aromatic N) is 3. The molecule has 1 aliphatic rings. The summed E-state index contributed by atoms with van der Waals surface area (Å²) in [5, 5.41) is 3.00. The van der Waals surface area contributed by atoms with E-state index in [0.29, 0.717) is 11.6 Å². The Hall–Kier alpha value is -2.66. The Labute approximate surface area is 172 Å². The van der Waals surface area contributed by atoms with E-state index in [1.807, 2.05) is 42.5 Å². The quantitative estimate of drug-likeness (QED) is 0.659. The van der Waals surface area contributed by atoms with Crippen molar-refractivity contribution in [1.82, 2.24) is 14.5 Å². The van der Waals surface area contributed by atoms with Crippen molar-refractivity contribution in [3.63, 3.8) is 0 Å². The van der Waals surface area contributed by atoms with Crippen LogP contribution in [-0.4, -0.2) is 33.4 Å². The van der Waals surface area contributed by atoms with Crippen molar-refractivity contribution in [2.75, 3.05) is 18.4 Å². The number of rotatable bonds is 5. The summed E-state index contributed by atoms with van der Waals surface area (Å²) < 4.78 is 2.33. The molecule has 2 heterocycles. The van der Waals surface area contributed by atoms with Gasteiger partial charge in [-0.3, -0.25) is 9.69 Å². The fourth-order valence-corrected chi connectivity index (χ4v) is 4.13. The van der Waals surface area contributed by atoms with Crippen LogP contribution >= 0.6 is 0 Å². The van der Waals surface area contributed by atoms with E-state index in [-0.39, 0.29) is 5.91 Å². The number of hydrogen-bond donors (Lipinski definition) is 1. The second-order valence-electron chi connectivity index (χ2n) is 8.47. The maximum absolute atomic E-state index is 12.5. The highest BCUT2D eigenvalue weighted by Crippen LogP contribution is 2.26. The lowest BCUT2D eigenvalue weighted by Gasteiger charge is -2.30. The molecule has 0 aliphatic carbocycles. The van der Waals surface area contributed by atoms with Crippen LogP contribution in [0.1, 0.15) is 55.8 Å². The van der Waals surface area contributed by atoms with Crippen molar-refractivity contribution in [3.8, 4) is 0 Å². The van der Waals surface area contributed by atoms with Crippen molar-refractivity contribution in [3.05, 3.63) is 59.9 Å². The first-order valence-corrected chi connectivity index (χ1v) is 10.6. The largest absolute Gasteiger partial charge is 0.324 e. The second-order valence-corrected chi connectivity index (χ2v) is 8.47. The molecule has 5 heteroatoms. The van der Waals surface area contributed by atoms with Gasteiger partial charge in [-0.15, -0.1) is 0 Å². The number of hydrogen-bond acceptors (Lipinski definition) is 3. The normalized spacial score (nSPS) is 15.9. The lowest BCUT2D eigenvalue weighted by atomic mass is 9.99. The predicted octanol–water partition coefficient (Wildman–Crippen LogP) is 5.10. The number of aromatic nitrogens is 2. The maximum Gasteiger partial charge on any atom is 0.255 e. The lowest BCUT2D eigenvalue weighted by molar-refractivity contribution is 0.102. The van der Waals surface area contributed by atoms with E-state index >= 15 is 0 Å². The first kappa shape index (κ1) is 19.6. The number of fused-ring (bicyclic) bond motifs is 1. The third-order valence-electron chi connectivity index (χ3n) is 5.81. The smallest absolute Gasteiger partial charge is 0.255 e. The Bertz CT molecular complexity index is 985. The zero-order chi connectivity index (χ0) is 20.4. The van der Waals surface area contributed by atoms with Gasteiger partial charge in [0.1, 0.15) is 5.82 Å². The van der Waals surface area contributed by atoms with E-state index in [1.54, 1.807) is 0 Å². The molecule has 0 unspecified atom stereocenters. The Morgan fingerprint density at radius 3 is 2.55 bits per heavy atom. The van der Waals surface area contributed by atoms with E-state index in [2.05, 4.69) is 41.6 Å². The number of carbonyl (C=O) groups is 1. The van der Waals surface area contributed by atoms with Crippen LogP contribution in [-0.2, 0) is 6.54 Å². The van der Waals surface area contributed by atoms with Gasteiger partial charge in [-0.1, -0.05) is 25.1 Å². The van der Waals surface area contributed by atoms with Crippen LogP contribution in [0.25, 0.3) is 11.0 Å². The predicted molar refractivity (Wildman–Crippen MR) is 118 cm³/mol. The highest BCUT2D eigenvalue weighted by atomic mass is 16.1. The fourth-order valence-electron chi connectivity index (χ4n) is 4.13. The molecule has 0 radical (unpaired) electrons. The molecule has 1 amide bonds. The number of piperidine rings is 1. The first-order chi connectivity index (χ1) is 14.0. The van der Waals surface area contributed by atoms with Gasteiger partial charge in [0, 0.05) is 17.3 Å². The van der Waals surface area contributed by atoms with Crippen LogP contribution < -0.4 is 5.32 Å². The zero-order valence-electron chi connectivity index (χ0n) is 17.6. The van der Waals surface area contributed by atoms with Crippen LogP contribution in [0.5, 0.6) is 0 Å². The summed E-state index contributed by atoms with van der Waals surface area (Å²) in [7, 11) is 0. The van der Waals surface area contributed by atoms with Crippen LogP contribution in [0, 0.1) is 5.92 Å². The fraction of sp³-hybridized carbons (Fsp3) is 0.417. The van der Waals surface area contributed by atoms with Gasteiger partial charge >= 0.3 is 0 Å². The Balaban J connectivity index is 1.58.